The Labute approximate surface area is 226 Å². The number of fused-ring (bicyclic) bond motifs is 2. The Morgan fingerprint density at radius 1 is 1.05 bits per heavy atom. The van der Waals surface area contributed by atoms with Crippen LogP contribution in [0, 0.1) is 6.92 Å². The number of aromatic amines is 1. The Bertz CT molecular complexity index is 1210. The van der Waals surface area contributed by atoms with Crippen molar-refractivity contribution < 1.29 is 9.53 Å². The summed E-state index contributed by atoms with van der Waals surface area (Å²) in [5.74, 6) is -0.117. The third-order valence-electron chi connectivity index (χ3n) is 8.57. The number of carbonyl (C=O) groups is 1. The van der Waals surface area contributed by atoms with Crippen molar-refractivity contribution in [3.05, 3.63) is 74.7 Å². The standard InChI is InChI=1S/C31H42N4O3/c1-3-35(25-14-12-24(13-15-25)34-16-18-38-19-17-34)29-11-7-10-27-26(29)9-6-4-5-8-23-20-22(2)33-31(37)28(23)21-32-30(27)36/h4,6-7,10-11,20,24-25H,3,5,8-9,12-19,21H2,1-2H3,(H,32,36)(H,33,37). The number of anilines is 1. The van der Waals surface area contributed by atoms with Crippen LogP contribution in [0.1, 0.15) is 71.8 Å². The number of allylic oxidation sites excluding steroid dienone is 2. The summed E-state index contributed by atoms with van der Waals surface area (Å²) in [6, 6.07) is 9.29. The van der Waals surface area contributed by atoms with Crippen LogP contribution in [0.3, 0.4) is 0 Å². The predicted molar refractivity (Wildman–Crippen MR) is 152 cm³/mol. The van der Waals surface area contributed by atoms with Gasteiger partial charge in [0.05, 0.1) is 13.2 Å². The van der Waals surface area contributed by atoms with E-state index in [1.165, 1.54) is 31.4 Å². The second-order valence-electron chi connectivity index (χ2n) is 10.9. The van der Waals surface area contributed by atoms with Gasteiger partial charge in [-0.25, -0.2) is 0 Å². The van der Waals surface area contributed by atoms with Gasteiger partial charge in [0.15, 0.2) is 0 Å². The lowest BCUT2D eigenvalue weighted by molar-refractivity contribution is 0.00730. The van der Waals surface area contributed by atoms with Gasteiger partial charge in [-0.2, -0.15) is 0 Å². The molecule has 1 saturated heterocycles. The first kappa shape index (κ1) is 26.7. The Kier molecular flexibility index (Phi) is 8.65. The smallest absolute Gasteiger partial charge is 0.253 e. The first-order valence-electron chi connectivity index (χ1n) is 14.4. The highest BCUT2D eigenvalue weighted by Crippen LogP contribution is 2.33. The third kappa shape index (κ3) is 5.89. The maximum Gasteiger partial charge on any atom is 0.253 e. The molecule has 7 heteroatoms. The van der Waals surface area contributed by atoms with E-state index in [-0.39, 0.29) is 18.0 Å². The minimum atomic E-state index is -0.117. The zero-order valence-electron chi connectivity index (χ0n) is 22.9. The average molecular weight is 519 g/mol. The Balaban J connectivity index is 1.38. The molecule has 1 aromatic heterocycles. The van der Waals surface area contributed by atoms with E-state index in [4.69, 9.17) is 4.74 Å². The van der Waals surface area contributed by atoms with Crippen molar-refractivity contribution in [2.75, 3.05) is 37.7 Å². The highest BCUT2D eigenvalue weighted by Gasteiger charge is 2.30. The molecule has 0 spiro atoms. The molecule has 0 radical (unpaired) electrons. The highest BCUT2D eigenvalue weighted by molar-refractivity contribution is 5.97. The lowest BCUT2D eigenvalue weighted by Gasteiger charge is -2.43. The molecule has 2 N–H and O–H groups in total. The SMILES string of the molecule is CCN(c1cccc2c1CC=CCCc1cc(C)[nH]c(=O)c1CNC2=O)C1CCC(N2CCOCC2)CC1. The van der Waals surface area contributed by atoms with Crippen molar-refractivity contribution in [1.29, 1.82) is 0 Å². The quantitative estimate of drug-likeness (QED) is 0.596. The molecule has 1 aliphatic carbocycles. The molecular weight excluding hydrogens is 476 g/mol. The summed E-state index contributed by atoms with van der Waals surface area (Å²) in [4.78, 5) is 34.2. The van der Waals surface area contributed by atoms with E-state index in [1.54, 1.807) is 0 Å². The molecule has 1 aromatic carbocycles. The first-order chi connectivity index (χ1) is 18.5. The molecule has 3 heterocycles. The summed E-state index contributed by atoms with van der Waals surface area (Å²) in [5, 5.41) is 3.06. The fourth-order valence-electron chi connectivity index (χ4n) is 6.60. The van der Waals surface area contributed by atoms with Gasteiger partial charge in [0.2, 0.25) is 0 Å². The molecule has 1 saturated carbocycles. The summed E-state index contributed by atoms with van der Waals surface area (Å²) in [6.07, 6.45) is 11.5. The average Bonchev–Trinajstić information content (AvgIpc) is 2.93. The largest absolute Gasteiger partial charge is 0.379 e. The van der Waals surface area contributed by atoms with Crippen LogP contribution in [0.15, 0.2) is 41.2 Å². The molecule has 3 aliphatic rings. The van der Waals surface area contributed by atoms with Crippen LogP contribution in [0.5, 0.6) is 0 Å². The maximum atomic E-state index is 13.5. The molecule has 2 fully saturated rings. The number of nitrogens with one attached hydrogen (secondary N) is 2. The number of amides is 1. The predicted octanol–water partition coefficient (Wildman–Crippen LogP) is 4.13. The van der Waals surface area contributed by atoms with Crippen LogP contribution < -0.4 is 15.8 Å². The number of hydrogen-bond donors (Lipinski definition) is 2. The van der Waals surface area contributed by atoms with Crippen molar-refractivity contribution in [3.63, 3.8) is 0 Å². The van der Waals surface area contributed by atoms with Crippen LogP contribution >= 0.6 is 0 Å². The molecule has 1 amide bonds. The minimum absolute atomic E-state index is 0.111. The fourth-order valence-corrected chi connectivity index (χ4v) is 6.60. The molecule has 2 aliphatic heterocycles. The monoisotopic (exact) mass is 518 g/mol. The van der Waals surface area contributed by atoms with Crippen molar-refractivity contribution in [2.45, 2.75) is 77.4 Å². The van der Waals surface area contributed by atoms with Gasteiger partial charge in [0, 0.05) is 60.8 Å². The number of H-pyrrole nitrogens is 1. The zero-order valence-corrected chi connectivity index (χ0v) is 22.9. The van der Waals surface area contributed by atoms with E-state index in [2.05, 4.69) is 45.2 Å². The van der Waals surface area contributed by atoms with E-state index in [0.29, 0.717) is 23.2 Å². The lowest BCUT2D eigenvalue weighted by Crippen LogP contribution is -2.48. The van der Waals surface area contributed by atoms with Gasteiger partial charge < -0.3 is 19.9 Å². The van der Waals surface area contributed by atoms with Crippen LogP contribution in [0.4, 0.5) is 5.69 Å². The van der Waals surface area contributed by atoms with Gasteiger partial charge in [0.25, 0.3) is 11.5 Å². The Hall–Kier alpha value is -2.90. The molecule has 204 valence electrons. The second kappa shape index (κ2) is 12.3. The second-order valence-corrected chi connectivity index (χ2v) is 10.9. The molecule has 38 heavy (non-hydrogen) atoms. The van der Waals surface area contributed by atoms with E-state index in [9.17, 15) is 9.59 Å². The number of benzene rings is 1. The summed E-state index contributed by atoms with van der Waals surface area (Å²) in [5.41, 5.74) is 5.36. The van der Waals surface area contributed by atoms with Gasteiger partial charge in [-0.1, -0.05) is 18.2 Å². The molecule has 2 aromatic rings. The van der Waals surface area contributed by atoms with Crippen molar-refractivity contribution in [1.82, 2.24) is 15.2 Å². The van der Waals surface area contributed by atoms with Crippen LogP contribution in [-0.2, 0) is 24.1 Å². The number of nitrogens with zero attached hydrogens (tertiary/aromatic N) is 2. The van der Waals surface area contributed by atoms with Gasteiger partial charge in [-0.15, -0.1) is 0 Å². The lowest BCUT2D eigenvalue weighted by atomic mass is 9.88. The molecule has 0 bridgehead atoms. The number of ether oxygens (including phenoxy) is 1. The van der Waals surface area contributed by atoms with E-state index < -0.39 is 0 Å². The molecule has 7 nitrogen and oxygen atoms in total. The van der Waals surface area contributed by atoms with Crippen molar-refractivity contribution in [2.24, 2.45) is 0 Å². The number of hydrogen-bond acceptors (Lipinski definition) is 5. The van der Waals surface area contributed by atoms with Gasteiger partial charge >= 0.3 is 0 Å². The summed E-state index contributed by atoms with van der Waals surface area (Å²) in [6.45, 7) is 9.09. The van der Waals surface area contributed by atoms with Crippen molar-refractivity contribution >= 4 is 11.6 Å². The Morgan fingerprint density at radius 2 is 1.84 bits per heavy atom. The number of aryl methyl sites for hydroxylation is 2. The molecule has 0 atom stereocenters. The van der Waals surface area contributed by atoms with Gasteiger partial charge in [-0.05, 0) is 88.1 Å². The molecule has 5 rings (SSSR count). The first-order valence-corrected chi connectivity index (χ1v) is 14.4. The Morgan fingerprint density at radius 3 is 2.61 bits per heavy atom. The van der Waals surface area contributed by atoms with E-state index >= 15 is 0 Å². The normalized spacial score (nSPS) is 22.9. The number of pyridine rings is 1. The topological polar surface area (TPSA) is 77.7 Å². The van der Waals surface area contributed by atoms with Crippen LogP contribution in [-0.4, -0.2) is 60.7 Å². The fraction of sp³-hybridized carbons (Fsp3) is 0.548. The zero-order chi connectivity index (χ0) is 26.5. The van der Waals surface area contributed by atoms with Crippen LogP contribution in [0.2, 0.25) is 0 Å². The number of aromatic nitrogens is 1. The molecular formula is C31H42N4O3. The van der Waals surface area contributed by atoms with E-state index in [0.717, 1.165) is 68.9 Å². The summed E-state index contributed by atoms with van der Waals surface area (Å²) < 4.78 is 5.56. The summed E-state index contributed by atoms with van der Waals surface area (Å²) in [7, 11) is 0. The number of carbonyl (C=O) groups excluding carboxylic acids is 1. The summed E-state index contributed by atoms with van der Waals surface area (Å²) >= 11 is 0. The van der Waals surface area contributed by atoms with E-state index in [1.807, 2.05) is 25.1 Å². The third-order valence-corrected chi connectivity index (χ3v) is 8.57. The number of rotatable bonds is 4. The molecule has 0 unspecified atom stereocenters. The van der Waals surface area contributed by atoms with Crippen molar-refractivity contribution in [3.8, 4) is 0 Å². The maximum absolute atomic E-state index is 13.5. The van der Waals surface area contributed by atoms with Crippen LogP contribution in [0.25, 0.3) is 0 Å². The number of morpholine rings is 1. The van der Waals surface area contributed by atoms with Gasteiger partial charge in [-0.3, -0.25) is 14.5 Å². The highest BCUT2D eigenvalue weighted by atomic mass is 16.5. The van der Waals surface area contributed by atoms with Gasteiger partial charge in [0.1, 0.15) is 0 Å². The minimum Gasteiger partial charge on any atom is -0.379 e.